The van der Waals surface area contributed by atoms with Crippen LogP contribution in [0, 0.1) is 21.1 Å². The molecule has 152 valence electrons. The van der Waals surface area contributed by atoms with E-state index in [9.17, 15) is 10.1 Å². The Kier molecular flexibility index (Phi) is 6.40. The van der Waals surface area contributed by atoms with Crippen molar-refractivity contribution < 1.29 is 9.53 Å². The SMILES string of the molecule is CC1CCc2c(C#N)c(NC(=O)COc3ccccc3C(C)(C)C)sc(=S)c2C1. The molecule has 4 nitrogen and oxygen atoms in total. The highest BCUT2D eigenvalue weighted by atomic mass is 32.1. The van der Waals surface area contributed by atoms with E-state index in [2.05, 4.69) is 39.1 Å². The molecule has 1 N–H and O–H groups in total. The predicted molar refractivity (Wildman–Crippen MR) is 120 cm³/mol. The number of fused-ring (bicyclic) bond motifs is 1. The van der Waals surface area contributed by atoms with Crippen LogP contribution in [0.3, 0.4) is 0 Å². The van der Waals surface area contributed by atoms with Crippen LogP contribution in [0.25, 0.3) is 0 Å². The van der Waals surface area contributed by atoms with Crippen LogP contribution in [0.4, 0.5) is 5.00 Å². The van der Waals surface area contributed by atoms with Gasteiger partial charge in [0.2, 0.25) is 0 Å². The third kappa shape index (κ3) is 4.85. The molecule has 29 heavy (non-hydrogen) atoms. The maximum atomic E-state index is 12.6. The highest BCUT2D eigenvalue weighted by Gasteiger charge is 2.24. The molecule has 3 rings (SSSR count). The van der Waals surface area contributed by atoms with Crippen molar-refractivity contribution in [3.8, 4) is 11.8 Å². The van der Waals surface area contributed by atoms with Gasteiger partial charge in [0.1, 0.15) is 16.8 Å². The van der Waals surface area contributed by atoms with Gasteiger partial charge >= 0.3 is 0 Å². The number of amides is 1. The van der Waals surface area contributed by atoms with Gasteiger partial charge < -0.3 is 10.1 Å². The maximum Gasteiger partial charge on any atom is 0.262 e. The van der Waals surface area contributed by atoms with E-state index in [-0.39, 0.29) is 17.9 Å². The van der Waals surface area contributed by atoms with Gasteiger partial charge in [-0.2, -0.15) is 5.26 Å². The third-order valence-electron chi connectivity index (χ3n) is 5.19. The number of carbonyl (C=O) groups excluding carboxylic acids is 1. The van der Waals surface area contributed by atoms with Gasteiger partial charge in [0, 0.05) is 0 Å². The van der Waals surface area contributed by atoms with Crippen LogP contribution in [0.2, 0.25) is 0 Å². The van der Waals surface area contributed by atoms with Crippen molar-refractivity contribution in [1.29, 1.82) is 5.26 Å². The first kappa shape index (κ1) is 21.5. The largest absolute Gasteiger partial charge is 0.483 e. The zero-order chi connectivity index (χ0) is 21.2. The maximum absolute atomic E-state index is 12.6. The molecule has 0 bridgehead atoms. The van der Waals surface area contributed by atoms with Crippen molar-refractivity contribution in [3.63, 3.8) is 0 Å². The molecule has 1 amide bonds. The number of para-hydroxylation sites is 1. The summed E-state index contributed by atoms with van der Waals surface area (Å²) in [4.78, 5) is 12.6. The summed E-state index contributed by atoms with van der Waals surface area (Å²) in [6.45, 7) is 8.40. The van der Waals surface area contributed by atoms with E-state index in [1.165, 1.54) is 11.3 Å². The molecule has 1 atom stereocenters. The molecule has 6 heteroatoms. The van der Waals surface area contributed by atoms with E-state index in [0.29, 0.717) is 22.2 Å². The Morgan fingerprint density at radius 1 is 1.34 bits per heavy atom. The summed E-state index contributed by atoms with van der Waals surface area (Å²) in [5.41, 5.74) is 3.62. The summed E-state index contributed by atoms with van der Waals surface area (Å²) >= 11 is 6.87. The fourth-order valence-electron chi connectivity index (χ4n) is 3.66. The van der Waals surface area contributed by atoms with Gasteiger partial charge in [0.15, 0.2) is 6.61 Å². The van der Waals surface area contributed by atoms with Crippen LogP contribution in [0.1, 0.15) is 56.4 Å². The summed E-state index contributed by atoms with van der Waals surface area (Å²) in [6, 6.07) is 10.0. The van der Waals surface area contributed by atoms with E-state index in [0.717, 1.165) is 39.8 Å². The van der Waals surface area contributed by atoms with Gasteiger partial charge in [-0.15, -0.1) is 11.3 Å². The molecule has 1 aliphatic rings. The highest BCUT2D eigenvalue weighted by Crippen LogP contribution is 2.36. The monoisotopic (exact) mass is 426 g/mol. The number of nitrogens with one attached hydrogen (secondary N) is 1. The molecular weight excluding hydrogens is 400 g/mol. The van der Waals surface area contributed by atoms with Crippen molar-refractivity contribution in [2.75, 3.05) is 11.9 Å². The Bertz CT molecular complexity index is 1030. The topological polar surface area (TPSA) is 62.1 Å². The second-order valence-corrected chi connectivity index (χ2v) is 10.3. The number of rotatable bonds is 4. The molecule has 0 spiro atoms. The van der Waals surface area contributed by atoms with Crippen LogP contribution >= 0.6 is 23.6 Å². The zero-order valence-electron chi connectivity index (χ0n) is 17.3. The number of nitriles is 1. The molecular formula is C23H26N2O2S2. The second kappa shape index (κ2) is 8.64. The molecule has 2 aromatic rings. The van der Waals surface area contributed by atoms with Crippen LogP contribution < -0.4 is 10.1 Å². The minimum atomic E-state index is -0.292. The lowest BCUT2D eigenvalue weighted by atomic mass is 9.85. The van der Waals surface area contributed by atoms with E-state index in [1.807, 2.05) is 24.3 Å². The van der Waals surface area contributed by atoms with Crippen molar-refractivity contribution in [3.05, 3.63) is 50.3 Å². The molecule has 0 fully saturated rings. The van der Waals surface area contributed by atoms with Crippen molar-refractivity contribution in [2.45, 2.75) is 52.4 Å². The molecule has 0 aliphatic heterocycles. The van der Waals surface area contributed by atoms with E-state index >= 15 is 0 Å². The molecule has 1 aliphatic carbocycles. The number of hydrogen-bond donors (Lipinski definition) is 1. The number of benzene rings is 1. The fraction of sp³-hybridized carbons (Fsp3) is 0.435. The minimum Gasteiger partial charge on any atom is -0.483 e. The minimum absolute atomic E-state index is 0.0873. The lowest BCUT2D eigenvalue weighted by Crippen LogP contribution is -2.23. The van der Waals surface area contributed by atoms with Gasteiger partial charge in [-0.25, -0.2) is 0 Å². The van der Waals surface area contributed by atoms with Gasteiger partial charge in [0.05, 0.1) is 9.39 Å². The predicted octanol–water partition coefficient (Wildman–Crippen LogP) is 5.79. The van der Waals surface area contributed by atoms with Crippen LogP contribution in [0.15, 0.2) is 24.3 Å². The van der Waals surface area contributed by atoms with Crippen LogP contribution in [-0.4, -0.2) is 12.5 Å². The molecule has 0 saturated carbocycles. The van der Waals surface area contributed by atoms with Crippen molar-refractivity contribution >= 4 is 34.5 Å². The van der Waals surface area contributed by atoms with E-state index in [1.54, 1.807) is 0 Å². The van der Waals surface area contributed by atoms with Gasteiger partial charge in [-0.05, 0) is 53.4 Å². The first-order chi connectivity index (χ1) is 13.7. The van der Waals surface area contributed by atoms with E-state index in [4.69, 9.17) is 17.0 Å². The molecule has 0 radical (unpaired) electrons. The first-order valence-corrected chi connectivity index (χ1v) is 11.0. The van der Waals surface area contributed by atoms with Gasteiger partial charge in [0.25, 0.3) is 5.91 Å². The molecule has 1 heterocycles. The third-order valence-corrected chi connectivity index (χ3v) is 6.63. The number of nitrogens with zero attached hydrogens (tertiary/aromatic N) is 1. The number of anilines is 1. The molecule has 1 aromatic carbocycles. The van der Waals surface area contributed by atoms with Crippen molar-refractivity contribution in [2.24, 2.45) is 5.92 Å². The van der Waals surface area contributed by atoms with E-state index < -0.39 is 0 Å². The summed E-state index contributed by atoms with van der Waals surface area (Å²) < 4.78 is 6.58. The second-order valence-electron chi connectivity index (χ2n) is 8.59. The lowest BCUT2D eigenvalue weighted by molar-refractivity contribution is -0.118. The quantitative estimate of drug-likeness (QED) is 0.629. The van der Waals surface area contributed by atoms with Gasteiger partial charge in [-0.3, -0.25) is 4.79 Å². The Morgan fingerprint density at radius 3 is 2.76 bits per heavy atom. The number of hydrogen-bond acceptors (Lipinski definition) is 5. The van der Waals surface area contributed by atoms with Crippen LogP contribution in [-0.2, 0) is 23.1 Å². The Balaban J connectivity index is 1.78. The molecule has 0 saturated heterocycles. The highest BCUT2D eigenvalue weighted by molar-refractivity contribution is 7.73. The normalized spacial score (nSPS) is 15.9. The molecule has 1 aromatic heterocycles. The Hall–Kier alpha value is -2.23. The lowest BCUT2D eigenvalue weighted by Gasteiger charge is -2.23. The number of carbonyl (C=O) groups is 1. The van der Waals surface area contributed by atoms with Gasteiger partial charge in [-0.1, -0.05) is 58.1 Å². The summed E-state index contributed by atoms with van der Waals surface area (Å²) in [5, 5.41) is 13.1. The zero-order valence-corrected chi connectivity index (χ0v) is 18.9. The smallest absolute Gasteiger partial charge is 0.262 e. The number of ether oxygens (including phenoxy) is 1. The molecule has 1 unspecified atom stereocenters. The summed E-state index contributed by atoms with van der Waals surface area (Å²) in [5.74, 6) is 0.974. The van der Waals surface area contributed by atoms with Crippen molar-refractivity contribution in [1.82, 2.24) is 0 Å². The summed E-state index contributed by atoms with van der Waals surface area (Å²) in [6.07, 6.45) is 2.76. The standard InChI is InChI=1S/C23H26N2O2S2/c1-14-9-10-15-16(11-14)22(28)29-21(17(15)12-24)25-20(26)13-27-19-8-6-5-7-18(19)23(2,3)4/h5-8,14H,9-11,13H2,1-4H3,(H,25,26). The summed E-state index contributed by atoms with van der Waals surface area (Å²) in [7, 11) is 0. The Morgan fingerprint density at radius 2 is 2.07 bits per heavy atom. The average molecular weight is 427 g/mol. The van der Waals surface area contributed by atoms with Crippen LogP contribution in [0.5, 0.6) is 5.75 Å². The Labute approximate surface area is 181 Å². The first-order valence-electron chi connectivity index (χ1n) is 9.81. The fourth-order valence-corrected chi connectivity index (χ4v) is 5.07. The average Bonchev–Trinajstić information content (AvgIpc) is 2.66.